The van der Waals surface area contributed by atoms with E-state index >= 15 is 0 Å². The van der Waals surface area contributed by atoms with Crippen molar-refractivity contribution in [1.82, 2.24) is 5.32 Å². The van der Waals surface area contributed by atoms with E-state index in [1.165, 1.54) is 4.70 Å². The maximum atomic E-state index is 12.3. The van der Waals surface area contributed by atoms with Gasteiger partial charge in [0.2, 0.25) is 5.91 Å². The van der Waals surface area contributed by atoms with Crippen molar-refractivity contribution in [2.45, 2.75) is 46.1 Å². The van der Waals surface area contributed by atoms with Crippen molar-refractivity contribution in [3.63, 3.8) is 0 Å². The first kappa shape index (κ1) is 16.7. The Labute approximate surface area is 135 Å². The SMILES string of the molecule is CCC(=O)[C@@H](NC(=O)Cc1csc2ccccc12)[C@@H](C)CC. The number of thiophene rings is 1. The Morgan fingerprint density at radius 1 is 1.23 bits per heavy atom. The second-order valence-electron chi connectivity index (χ2n) is 5.68. The molecular formula is C18H23NO2S. The van der Waals surface area contributed by atoms with Crippen molar-refractivity contribution in [1.29, 1.82) is 0 Å². The van der Waals surface area contributed by atoms with Gasteiger partial charge in [-0.25, -0.2) is 0 Å². The number of fused-ring (bicyclic) bond motifs is 1. The average molecular weight is 317 g/mol. The van der Waals surface area contributed by atoms with Crippen molar-refractivity contribution < 1.29 is 9.59 Å². The molecule has 4 heteroatoms. The smallest absolute Gasteiger partial charge is 0.225 e. The second-order valence-corrected chi connectivity index (χ2v) is 6.60. The van der Waals surface area contributed by atoms with Gasteiger partial charge in [-0.05, 0) is 28.3 Å². The highest BCUT2D eigenvalue weighted by atomic mass is 32.1. The molecule has 1 N–H and O–H groups in total. The van der Waals surface area contributed by atoms with Gasteiger partial charge in [-0.1, -0.05) is 45.4 Å². The van der Waals surface area contributed by atoms with Crippen molar-refractivity contribution >= 4 is 33.1 Å². The molecule has 0 fully saturated rings. The molecule has 0 unspecified atom stereocenters. The average Bonchev–Trinajstić information content (AvgIpc) is 2.94. The quantitative estimate of drug-likeness (QED) is 0.840. The number of nitrogens with one attached hydrogen (secondary N) is 1. The monoisotopic (exact) mass is 317 g/mol. The molecule has 0 aliphatic heterocycles. The molecule has 1 aromatic carbocycles. The van der Waals surface area contributed by atoms with E-state index in [0.29, 0.717) is 12.8 Å². The van der Waals surface area contributed by atoms with Crippen LogP contribution < -0.4 is 5.32 Å². The fourth-order valence-electron chi connectivity index (χ4n) is 2.56. The zero-order chi connectivity index (χ0) is 16.1. The first-order valence-corrected chi connectivity index (χ1v) is 8.71. The van der Waals surface area contributed by atoms with E-state index in [2.05, 4.69) is 11.4 Å². The van der Waals surface area contributed by atoms with Gasteiger partial charge in [0, 0.05) is 11.1 Å². The minimum atomic E-state index is -0.368. The minimum absolute atomic E-state index is 0.0735. The molecule has 2 rings (SSSR count). The Balaban J connectivity index is 2.09. The Morgan fingerprint density at radius 2 is 1.95 bits per heavy atom. The Morgan fingerprint density at radius 3 is 2.64 bits per heavy atom. The van der Waals surface area contributed by atoms with Crippen molar-refractivity contribution in [3.8, 4) is 0 Å². The predicted molar refractivity (Wildman–Crippen MR) is 92.2 cm³/mol. The van der Waals surface area contributed by atoms with Gasteiger partial charge >= 0.3 is 0 Å². The molecule has 0 aliphatic carbocycles. The van der Waals surface area contributed by atoms with E-state index in [-0.39, 0.29) is 23.7 Å². The van der Waals surface area contributed by atoms with Crippen LogP contribution in [0.15, 0.2) is 29.6 Å². The highest BCUT2D eigenvalue weighted by molar-refractivity contribution is 7.17. The lowest BCUT2D eigenvalue weighted by Crippen LogP contribution is -2.45. The van der Waals surface area contributed by atoms with Crippen LogP contribution in [0.3, 0.4) is 0 Å². The predicted octanol–water partition coefficient (Wildman–Crippen LogP) is 3.95. The molecule has 0 saturated carbocycles. The van der Waals surface area contributed by atoms with Crippen LogP contribution in [0.5, 0.6) is 0 Å². The van der Waals surface area contributed by atoms with Crippen LogP contribution in [0, 0.1) is 5.92 Å². The summed E-state index contributed by atoms with van der Waals surface area (Å²) in [5, 5.41) is 6.10. The number of hydrogen-bond donors (Lipinski definition) is 1. The van der Waals surface area contributed by atoms with Gasteiger partial charge in [0.1, 0.15) is 0 Å². The summed E-state index contributed by atoms with van der Waals surface area (Å²) in [7, 11) is 0. The van der Waals surface area contributed by atoms with Crippen LogP contribution in [0.2, 0.25) is 0 Å². The molecule has 22 heavy (non-hydrogen) atoms. The van der Waals surface area contributed by atoms with E-state index in [1.807, 2.05) is 44.4 Å². The van der Waals surface area contributed by atoms with Gasteiger partial charge in [-0.2, -0.15) is 0 Å². The Bertz CT molecular complexity index is 662. The van der Waals surface area contributed by atoms with Gasteiger partial charge in [0.25, 0.3) is 0 Å². The van der Waals surface area contributed by atoms with Crippen molar-refractivity contribution in [2.24, 2.45) is 5.92 Å². The number of ketones is 1. The van der Waals surface area contributed by atoms with E-state index in [9.17, 15) is 9.59 Å². The summed E-state index contributed by atoms with van der Waals surface area (Å²) < 4.78 is 1.19. The molecule has 1 amide bonds. The summed E-state index contributed by atoms with van der Waals surface area (Å²) in [4.78, 5) is 24.4. The standard InChI is InChI=1S/C18H23NO2S/c1-4-12(3)18(15(20)5-2)19-17(21)10-13-11-22-16-9-7-6-8-14(13)16/h6-9,11-12,18H,4-5,10H2,1-3H3,(H,19,21)/t12-,18-/m0/s1. The minimum Gasteiger partial charge on any atom is -0.346 e. The number of benzene rings is 1. The summed E-state index contributed by atoms with van der Waals surface area (Å²) in [6, 6.07) is 7.72. The fourth-order valence-corrected chi connectivity index (χ4v) is 3.53. The van der Waals surface area contributed by atoms with Gasteiger partial charge in [-0.3, -0.25) is 9.59 Å². The zero-order valence-electron chi connectivity index (χ0n) is 13.4. The van der Waals surface area contributed by atoms with Gasteiger partial charge in [0.05, 0.1) is 12.5 Å². The lowest BCUT2D eigenvalue weighted by molar-refractivity contribution is -0.128. The molecule has 3 nitrogen and oxygen atoms in total. The number of Topliss-reactive ketones (excluding diaryl/α,β-unsaturated/α-hetero) is 1. The molecule has 1 heterocycles. The molecule has 2 atom stereocenters. The molecule has 0 bridgehead atoms. The normalized spacial score (nSPS) is 13.8. The summed E-state index contributed by atoms with van der Waals surface area (Å²) in [6.45, 7) is 5.90. The van der Waals surface area contributed by atoms with Crippen LogP contribution in [0.25, 0.3) is 10.1 Å². The summed E-state index contributed by atoms with van der Waals surface area (Å²) in [5.74, 6) is 0.198. The van der Waals surface area contributed by atoms with E-state index < -0.39 is 0 Å². The summed E-state index contributed by atoms with van der Waals surface area (Å²) >= 11 is 1.65. The third-order valence-corrected chi connectivity index (χ3v) is 5.15. The van der Waals surface area contributed by atoms with Crippen molar-refractivity contribution in [2.75, 3.05) is 0 Å². The van der Waals surface area contributed by atoms with Crippen LogP contribution in [-0.2, 0) is 16.0 Å². The number of rotatable bonds is 7. The number of amides is 1. The van der Waals surface area contributed by atoms with Crippen LogP contribution in [0.1, 0.15) is 39.2 Å². The molecular weight excluding hydrogens is 294 g/mol. The van der Waals surface area contributed by atoms with Gasteiger partial charge in [0.15, 0.2) is 5.78 Å². The van der Waals surface area contributed by atoms with Crippen LogP contribution in [-0.4, -0.2) is 17.7 Å². The van der Waals surface area contributed by atoms with Gasteiger partial charge in [-0.15, -0.1) is 11.3 Å². The first-order chi connectivity index (χ1) is 10.6. The Kier molecular flexibility index (Phi) is 5.72. The molecule has 0 saturated heterocycles. The van der Waals surface area contributed by atoms with Crippen molar-refractivity contribution in [3.05, 3.63) is 35.2 Å². The molecule has 0 radical (unpaired) electrons. The lowest BCUT2D eigenvalue weighted by atomic mass is 9.94. The number of hydrogen-bond acceptors (Lipinski definition) is 3. The molecule has 2 aromatic rings. The lowest BCUT2D eigenvalue weighted by Gasteiger charge is -2.22. The van der Waals surface area contributed by atoms with Gasteiger partial charge < -0.3 is 5.32 Å². The maximum Gasteiger partial charge on any atom is 0.225 e. The fraction of sp³-hybridized carbons (Fsp3) is 0.444. The second kappa shape index (κ2) is 7.54. The van der Waals surface area contributed by atoms with E-state index in [1.54, 1.807) is 11.3 Å². The maximum absolute atomic E-state index is 12.3. The largest absolute Gasteiger partial charge is 0.346 e. The highest BCUT2D eigenvalue weighted by Gasteiger charge is 2.24. The topological polar surface area (TPSA) is 46.2 Å². The molecule has 0 spiro atoms. The first-order valence-electron chi connectivity index (χ1n) is 7.84. The molecule has 0 aliphatic rings. The summed E-state index contributed by atoms with van der Waals surface area (Å²) in [6.07, 6.45) is 1.66. The number of carbonyl (C=O) groups excluding carboxylic acids is 2. The van der Waals surface area contributed by atoms with E-state index in [4.69, 9.17) is 0 Å². The van der Waals surface area contributed by atoms with Crippen LogP contribution in [0.4, 0.5) is 0 Å². The van der Waals surface area contributed by atoms with E-state index in [0.717, 1.165) is 17.4 Å². The Hall–Kier alpha value is -1.68. The number of carbonyl (C=O) groups is 2. The third-order valence-electron chi connectivity index (χ3n) is 4.14. The zero-order valence-corrected chi connectivity index (χ0v) is 14.2. The highest BCUT2D eigenvalue weighted by Crippen LogP contribution is 2.26. The summed E-state index contributed by atoms with van der Waals surface area (Å²) in [5.41, 5.74) is 1.03. The van der Waals surface area contributed by atoms with Crippen LogP contribution >= 0.6 is 11.3 Å². The molecule has 1 aromatic heterocycles. The molecule has 118 valence electrons. The third kappa shape index (κ3) is 3.74.